The molecular weight excluding hydrogens is 572 g/mol. The number of carbonyl (C=O) groups excluding carboxylic acids is 6. The summed E-state index contributed by atoms with van der Waals surface area (Å²) in [4.78, 5) is 80.7. The van der Waals surface area contributed by atoms with E-state index in [1.165, 1.54) is 25.7 Å². The highest BCUT2D eigenvalue weighted by Crippen LogP contribution is 2.28. The van der Waals surface area contributed by atoms with Gasteiger partial charge in [0.05, 0.1) is 12.7 Å². The maximum atomic E-state index is 12.8. The molecule has 3 aliphatic rings. The zero-order valence-electron chi connectivity index (χ0n) is 24.7. The summed E-state index contributed by atoms with van der Waals surface area (Å²) in [5.41, 5.74) is -1.10. The van der Waals surface area contributed by atoms with Gasteiger partial charge >= 0.3 is 5.97 Å². The zero-order valence-corrected chi connectivity index (χ0v) is 24.7. The average Bonchev–Trinajstić information content (AvgIpc) is 3.26. The summed E-state index contributed by atoms with van der Waals surface area (Å²) in [6.07, 6.45) is -5.00. The lowest BCUT2D eigenvalue weighted by Gasteiger charge is -2.49. The van der Waals surface area contributed by atoms with Gasteiger partial charge in [-0.3, -0.25) is 24.0 Å². The smallest absolute Gasteiger partial charge is 0.333 e. The second-order valence-electron chi connectivity index (χ2n) is 11.1. The molecule has 0 unspecified atom stereocenters. The van der Waals surface area contributed by atoms with Crippen LogP contribution in [0.4, 0.5) is 0 Å². The predicted molar refractivity (Wildman–Crippen MR) is 144 cm³/mol. The van der Waals surface area contributed by atoms with Crippen LogP contribution >= 0.6 is 0 Å². The van der Waals surface area contributed by atoms with Crippen molar-refractivity contribution in [3.63, 3.8) is 0 Å². The van der Waals surface area contributed by atoms with Gasteiger partial charge in [-0.05, 0) is 19.8 Å². The number of rotatable bonds is 12. The molecule has 0 radical (unpaired) electrons. The lowest BCUT2D eigenvalue weighted by atomic mass is 9.93. The van der Waals surface area contributed by atoms with Crippen LogP contribution in [0.5, 0.6) is 0 Å². The minimum atomic E-state index is -1.50. The van der Waals surface area contributed by atoms with E-state index in [2.05, 4.69) is 5.32 Å². The highest BCUT2D eigenvalue weighted by Gasteiger charge is 2.45. The van der Waals surface area contributed by atoms with Crippen molar-refractivity contribution in [1.29, 1.82) is 0 Å². The molecule has 43 heavy (non-hydrogen) atoms. The van der Waals surface area contributed by atoms with Gasteiger partial charge in [0, 0.05) is 72.0 Å². The predicted octanol–water partition coefficient (Wildman–Crippen LogP) is -1.70. The SMILES string of the molecule is CC(=O)NC1(N(CCO[C@@H]2O[C@@H](C)[C@@H](O)[C@@H](O)[C@@H]2O)C(C)=O)CCN(C(=O)CCCCC(=O)ON2C(=O)CCC2=O)CC1. The van der Waals surface area contributed by atoms with Crippen LogP contribution in [0.3, 0.4) is 0 Å². The molecule has 5 amide bonds. The van der Waals surface area contributed by atoms with Gasteiger partial charge < -0.3 is 44.7 Å². The van der Waals surface area contributed by atoms with E-state index >= 15 is 0 Å². The maximum absolute atomic E-state index is 12.8. The highest BCUT2D eigenvalue weighted by atomic mass is 16.7. The summed E-state index contributed by atoms with van der Waals surface area (Å²) < 4.78 is 11.0. The van der Waals surface area contributed by atoms with Crippen molar-refractivity contribution in [2.45, 2.75) is 109 Å². The number of aliphatic hydroxyl groups excluding tert-OH is 3. The minimum Gasteiger partial charge on any atom is -0.388 e. The van der Waals surface area contributed by atoms with Crippen molar-refractivity contribution in [1.82, 2.24) is 20.2 Å². The molecule has 16 nitrogen and oxygen atoms in total. The Bertz CT molecular complexity index is 1050. The number of hydrogen-bond acceptors (Lipinski definition) is 12. The van der Waals surface area contributed by atoms with Crippen molar-refractivity contribution in [3.05, 3.63) is 0 Å². The fourth-order valence-electron chi connectivity index (χ4n) is 5.51. The summed E-state index contributed by atoms with van der Waals surface area (Å²) in [7, 11) is 0. The van der Waals surface area contributed by atoms with Gasteiger partial charge in [0.1, 0.15) is 24.0 Å². The molecule has 0 bridgehead atoms. The number of piperidine rings is 1. The van der Waals surface area contributed by atoms with E-state index in [9.17, 15) is 44.1 Å². The quantitative estimate of drug-likeness (QED) is 0.110. The van der Waals surface area contributed by atoms with Crippen molar-refractivity contribution in [2.75, 3.05) is 26.2 Å². The van der Waals surface area contributed by atoms with Gasteiger partial charge in [0.25, 0.3) is 11.8 Å². The van der Waals surface area contributed by atoms with Crippen molar-refractivity contribution >= 4 is 35.5 Å². The van der Waals surface area contributed by atoms with Crippen molar-refractivity contribution < 1.29 is 58.4 Å². The lowest BCUT2D eigenvalue weighted by Crippen LogP contribution is -2.66. The van der Waals surface area contributed by atoms with Gasteiger partial charge in [-0.15, -0.1) is 5.06 Å². The number of nitrogens with one attached hydrogen (secondary N) is 1. The molecule has 0 aromatic carbocycles. The number of hydroxylamine groups is 2. The monoisotopic (exact) mass is 614 g/mol. The first-order chi connectivity index (χ1) is 20.3. The normalized spacial score (nSPS) is 27.2. The molecule has 3 fully saturated rings. The molecule has 0 aromatic rings. The molecule has 16 heteroatoms. The number of hydrogen-bond donors (Lipinski definition) is 4. The van der Waals surface area contributed by atoms with Gasteiger partial charge in [-0.1, -0.05) is 0 Å². The Morgan fingerprint density at radius 3 is 2.16 bits per heavy atom. The summed E-state index contributed by atoms with van der Waals surface area (Å²) in [5.74, 6) is -2.72. The molecule has 3 saturated heterocycles. The molecule has 0 spiro atoms. The number of imide groups is 1. The van der Waals surface area contributed by atoms with Gasteiger partial charge in [-0.2, -0.15) is 0 Å². The topological polar surface area (TPSA) is 213 Å². The second kappa shape index (κ2) is 15.0. The zero-order chi connectivity index (χ0) is 31.9. The third-order valence-corrected chi connectivity index (χ3v) is 7.87. The Kier molecular flexibility index (Phi) is 12.0. The van der Waals surface area contributed by atoms with Gasteiger partial charge in [0.15, 0.2) is 6.29 Å². The molecule has 3 heterocycles. The molecule has 0 saturated carbocycles. The Morgan fingerprint density at radius 2 is 1.58 bits per heavy atom. The Hall–Kier alpha value is -3.18. The molecule has 3 aliphatic heterocycles. The Morgan fingerprint density at radius 1 is 0.977 bits per heavy atom. The van der Waals surface area contributed by atoms with E-state index in [4.69, 9.17) is 14.3 Å². The molecule has 242 valence electrons. The fraction of sp³-hybridized carbons (Fsp3) is 0.778. The third-order valence-electron chi connectivity index (χ3n) is 7.87. The van der Waals surface area contributed by atoms with E-state index in [-0.39, 0.29) is 82.5 Å². The Labute approximate surface area is 249 Å². The number of nitrogens with zero attached hydrogens (tertiary/aromatic N) is 3. The summed E-state index contributed by atoms with van der Waals surface area (Å²) in [6.45, 7) is 4.59. The van der Waals surface area contributed by atoms with Crippen LogP contribution in [-0.4, -0.2) is 128 Å². The lowest BCUT2D eigenvalue weighted by molar-refractivity contribution is -0.293. The minimum absolute atomic E-state index is 0.00725. The average molecular weight is 615 g/mol. The fourth-order valence-corrected chi connectivity index (χ4v) is 5.51. The standard InChI is InChI=1S/C27H42N4O12/c1-16-23(38)24(39)25(40)26(42-16)41-15-14-30(18(3)33)27(28-17(2)32)10-12-29(13-11-27)19(34)6-4-5-7-22(37)43-31-20(35)8-9-21(31)36/h16,23-26,38-40H,4-15H2,1-3H3,(H,28,32)/t16-,23+,24+,25-,26+/m0/s1. The number of unbranched alkanes of at least 4 members (excludes halogenated alkanes) is 1. The number of carbonyl (C=O) groups is 6. The van der Waals surface area contributed by atoms with Crippen LogP contribution in [0, 0.1) is 0 Å². The van der Waals surface area contributed by atoms with Crippen LogP contribution in [0.15, 0.2) is 0 Å². The number of aliphatic hydroxyl groups is 3. The third kappa shape index (κ3) is 8.69. The van der Waals surface area contributed by atoms with Gasteiger partial charge in [-0.25, -0.2) is 4.79 Å². The van der Waals surface area contributed by atoms with Crippen molar-refractivity contribution in [2.24, 2.45) is 0 Å². The van der Waals surface area contributed by atoms with Crippen LogP contribution in [0.25, 0.3) is 0 Å². The molecule has 0 aromatic heterocycles. The molecule has 4 N–H and O–H groups in total. The number of ether oxygens (including phenoxy) is 2. The molecular formula is C27H42N4O12. The molecule has 0 aliphatic carbocycles. The summed E-state index contributed by atoms with van der Waals surface area (Å²) >= 11 is 0. The van der Waals surface area contributed by atoms with Crippen LogP contribution in [-0.2, 0) is 43.1 Å². The maximum Gasteiger partial charge on any atom is 0.333 e. The first-order valence-electron chi connectivity index (χ1n) is 14.5. The largest absolute Gasteiger partial charge is 0.388 e. The van der Waals surface area contributed by atoms with Crippen LogP contribution in [0.1, 0.15) is 72.1 Å². The van der Waals surface area contributed by atoms with E-state index in [0.29, 0.717) is 17.9 Å². The van der Waals surface area contributed by atoms with E-state index in [1.54, 1.807) is 4.90 Å². The Balaban J connectivity index is 1.49. The number of likely N-dealkylation sites (tertiary alicyclic amines) is 1. The van der Waals surface area contributed by atoms with E-state index in [0.717, 1.165) is 0 Å². The van der Waals surface area contributed by atoms with Crippen molar-refractivity contribution in [3.8, 4) is 0 Å². The van der Waals surface area contributed by atoms with E-state index < -0.39 is 54.2 Å². The van der Waals surface area contributed by atoms with Crippen LogP contribution < -0.4 is 5.32 Å². The van der Waals surface area contributed by atoms with Crippen LogP contribution in [0.2, 0.25) is 0 Å². The first kappa shape index (κ1) is 34.3. The van der Waals surface area contributed by atoms with E-state index in [1.807, 2.05) is 0 Å². The summed E-state index contributed by atoms with van der Waals surface area (Å²) in [6, 6.07) is 0. The molecule has 3 rings (SSSR count). The summed E-state index contributed by atoms with van der Waals surface area (Å²) in [5, 5.41) is 33.4. The first-order valence-corrected chi connectivity index (χ1v) is 14.5. The van der Waals surface area contributed by atoms with Gasteiger partial charge in [0.2, 0.25) is 17.7 Å². The highest BCUT2D eigenvalue weighted by molar-refractivity contribution is 6.01. The second-order valence-corrected chi connectivity index (χ2v) is 11.1. The molecule has 5 atom stereocenters. The number of amides is 5.